The first-order chi connectivity index (χ1) is 7.54. The Kier molecular flexibility index (Phi) is 4.96. The Morgan fingerprint density at radius 2 is 2.19 bits per heavy atom. The Hall–Kier alpha value is -0.870. The molecule has 0 aliphatic heterocycles. The highest BCUT2D eigenvalue weighted by Gasteiger charge is 2.08. The lowest BCUT2D eigenvalue weighted by Gasteiger charge is -2.10. The van der Waals surface area contributed by atoms with Gasteiger partial charge < -0.3 is 10.1 Å². The summed E-state index contributed by atoms with van der Waals surface area (Å²) in [6, 6.07) is 5.91. The van der Waals surface area contributed by atoms with Gasteiger partial charge in [-0.15, -0.1) is 0 Å². The summed E-state index contributed by atoms with van der Waals surface area (Å²) in [6.45, 7) is 4.97. The monoisotopic (exact) mass is 285 g/mol. The van der Waals surface area contributed by atoms with Crippen LogP contribution in [0.25, 0.3) is 0 Å². The number of esters is 1. The second-order valence-electron chi connectivity index (χ2n) is 3.83. The van der Waals surface area contributed by atoms with Crippen molar-refractivity contribution in [1.82, 2.24) is 5.32 Å². The Morgan fingerprint density at radius 3 is 2.69 bits per heavy atom. The quantitative estimate of drug-likeness (QED) is 0.865. The van der Waals surface area contributed by atoms with Gasteiger partial charge in [-0.1, -0.05) is 35.8 Å². The molecule has 1 aromatic rings. The van der Waals surface area contributed by atoms with E-state index >= 15 is 0 Å². The van der Waals surface area contributed by atoms with Gasteiger partial charge in [-0.25, -0.2) is 4.79 Å². The SMILES string of the molecule is COC(=O)c1ccc(CNC(C)C)c(Br)c1. The van der Waals surface area contributed by atoms with Crippen molar-refractivity contribution < 1.29 is 9.53 Å². The van der Waals surface area contributed by atoms with Crippen LogP contribution < -0.4 is 5.32 Å². The Morgan fingerprint density at radius 1 is 1.50 bits per heavy atom. The Bertz CT molecular complexity index is 377. The Balaban J connectivity index is 2.79. The molecule has 0 amide bonds. The minimum atomic E-state index is -0.316. The van der Waals surface area contributed by atoms with Crippen LogP contribution in [0, 0.1) is 0 Å². The number of ether oxygens (including phenoxy) is 1. The van der Waals surface area contributed by atoms with Crippen LogP contribution in [0.3, 0.4) is 0 Å². The van der Waals surface area contributed by atoms with Crippen molar-refractivity contribution in [3.63, 3.8) is 0 Å². The van der Waals surface area contributed by atoms with Crippen LogP contribution in [-0.2, 0) is 11.3 Å². The maximum Gasteiger partial charge on any atom is 0.337 e. The third kappa shape index (κ3) is 3.61. The maximum atomic E-state index is 11.3. The molecule has 1 rings (SSSR count). The van der Waals surface area contributed by atoms with Crippen molar-refractivity contribution in [3.05, 3.63) is 33.8 Å². The first-order valence-electron chi connectivity index (χ1n) is 5.14. The van der Waals surface area contributed by atoms with Crippen LogP contribution in [0.4, 0.5) is 0 Å². The highest BCUT2D eigenvalue weighted by atomic mass is 79.9. The summed E-state index contributed by atoms with van der Waals surface area (Å²) >= 11 is 3.45. The molecular weight excluding hydrogens is 270 g/mol. The van der Waals surface area contributed by atoms with E-state index in [1.165, 1.54) is 7.11 Å². The third-order valence-corrected chi connectivity index (χ3v) is 2.91. The zero-order chi connectivity index (χ0) is 12.1. The second kappa shape index (κ2) is 6.01. The van der Waals surface area contributed by atoms with Crippen molar-refractivity contribution >= 4 is 21.9 Å². The van der Waals surface area contributed by atoms with E-state index in [0.717, 1.165) is 16.6 Å². The predicted molar refractivity (Wildman–Crippen MR) is 67.5 cm³/mol. The molecule has 88 valence electrons. The number of hydrogen-bond donors (Lipinski definition) is 1. The van der Waals surface area contributed by atoms with E-state index < -0.39 is 0 Å². The highest BCUT2D eigenvalue weighted by Crippen LogP contribution is 2.19. The summed E-state index contributed by atoms with van der Waals surface area (Å²) in [6.07, 6.45) is 0. The third-order valence-electron chi connectivity index (χ3n) is 2.17. The molecule has 3 nitrogen and oxygen atoms in total. The average molecular weight is 286 g/mol. The molecule has 4 heteroatoms. The number of methoxy groups -OCH3 is 1. The van der Waals surface area contributed by atoms with Crippen LogP contribution in [0.15, 0.2) is 22.7 Å². The molecule has 1 N–H and O–H groups in total. The molecule has 0 aliphatic carbocycles. The van der Waals surface area contributed by atoms with E-state index in [4.69, 9.17) is 0 Å². The zero-order valence-corrected chi connectivity index (χ0v) is 11.3. The number of carbonyl (C=O) groups excluding carboxylic acids is 1. The van der Waals surface area contributed by atoms with Gasteiger partial charge in [-0.2, -0.15) is 0 Å². The van der Waals surface area contributed by atoms with Crippen molar-refractivity contribution in [2.75, 3.05) is 7.11 Å². The van der Waals surface area contributed by atoms with Crippen LogP contribution in [0.5, 0.6) is 0 Å². The van der Waals surface area contributed by atoms with Crippen molar-refractivity contribution in [2.45, 2.75) is 26.4 Å². The fourth-order valence-corrected chi connectivity index (χ4v) is 1.77. The molecule has 0 heterocycles. The summed E-state index contributed by atoms with van der Waals surface area (Å²) in [5, 5.41) is 3.32. The Labute approximate surface area is 104 Å². The summed E-state index contributed by atoms with van der Waals surface area (Å²) < 4.78 is 5.57. The second-order valence-corrected chi connectivity index (χ2v) is 4.69. The van der Waals surface area contributed by atoms with E-state index in [9.17, 15) is 4.79 Å². The minimum absolute atomic E-state index is 0.316. The van der Waals surface area contributed by atoms with Gasteiger partial charge in [0.2, 0.25) is 0 Å². The predicted octanol–water partition coefficient (Wildman–Crippen LogP) is 2.73. The largest absolute Gasteiger partial charge is 0.465 e. The number of hydrogen-bond acceptors (Lipinski definition) is 3. The zero-order valence-electron chi connectivity index (χ0n) is 9.71. The number of nitrogens with one attached hydrogen (secondary N) is 1. The molecule has 0 spiro atoms. The van der Waals surface area contributed by atoms with E-state index in [2.05, 4.69) is 39.8 Å². The van der Waals surface area contributed by atoms with Crippen molar-refractivity contribution in [3.8, 4) is 0 Å². The lowest BCUT2D eigenvalue weighted by atomic mass is 10.1. The highest BCUT2D eigenvalue weighted by molar-refractivity contribution is 9.10. The van der Waals surface area contributed by atoms with Gasteiger partial charge in [0.1, 0.15) is 0 Å². The number of benzene rings is 1. The normalized spacial score (nSPS) is 10.6. The summed E-state index contributed by atoms with van der Waals surface area (Å²) in [7, 11) is 1.38. The van der Waals surface area contributed by atoms with E-state index in [1.54, 1.807) is 12.1 Å². The van der Waals surface area contributed by atoms with E-state index in [1.807, 2.05) is 6.07 Å². The summed E-state index contributed by atoms with van der Waals surface area (Å²) in [5.74, 6) is -0.316. The molecule has 16 heavy (non-hydrogen) atoms. The minimum Gasteiger partial charge on any atom is -0.465 e. The molecule has 0 saturated carbocycles. The maximum absolute atomic E-state index is 11.3. The lowest BCUT2D eigenvalue weighted by Crippen LogP contribution is -2.22. The van der Waals surface area contributed by atoms with Gasteiger partial charge >= 0.3 is 5.97 Å². The average Bonchev–Trinajstić information content (AvgIpc) is 2.26. The van der Waals surface area contributed by atoms with Crippen LogP contribution >= 0.6 is 15.9 Å². The van der Waals surface area contributed by atoms with Crippen LogP contribution in [-0.4, -0.2) is 19.1 Å². The number of carbonyl (C=O) groups is 1. The topological polar surface area (TPSA) is 38.3 Å². The van der Waals surface area contributed by atoms with Gasteiger partial charge in [-0.3, -0.25) is 0 Å². The number of rotatable bonds is 4. The van der Waals surface area contributed by atoms with Gasteiger partial charge in [0.15, 0.2) is 0 Å². The molecule has 1 aromatic carbocycles. The molecular formula is C12H16BrNO2. The molecule has 0 saturated heterocycles. The molecule has 0 unspecified atom stereocenters. The van der Waals surface area contributed by atoms with E-state index in [0.29, 0.717) is 11.6 Å². The molecule has 0 aromatic heterocycles. The molecule has 0 aliphatic rings. The first-order valence-corrected chi connectivity index (χ1v) is 5.94. The summed E-state index contributed by atoms with van der Waals surface area (Å²) in [4.78, 5) is 11.3. The van der Waals surface area contributed by atoms with Gasteiger partial charge in [0.05, 0.1) is 12.7 Å². The molecule has 0 radical (unpaired) electrons. The van der Waals surface area contributed by atoms with Crippen LogP contribution in [0.1, 0.15) is 29.8 Å². The lowest BCUT2D eigenvalue weighted by molar-refractivity contribution is 0.0600. The standard InChI is InChI=1S/C12H16BrNO2/c1-8(2)14-7-10-5-4-9(6-11(10)13)12(15)16-3/h4-6,8,14H,7H2,1-3H3. The first kappa shape index (κ1) is 13.2. The molecule has 0 bridgehead atoms. The van der Waals surface area contributed by atoms with Gasteiger partial charge in [-0.05, 0) is 17.7 Å². The van der Waals surface area contributed by atoms with Crippen molar-refractivity contribution in [2.24, 2.45) is 0 Å². The number of halogens is 1. The van der Waals surface area contributed by atoms with Gasteiger partial charge in [0.25, 0.3) is 0 Å². The van der Waals surface area contributed by atoms with Gasteiger partial charge in [0, 0.05) is 17.1 Å². The van der Waals surface area contributed by atoms with E-state index in [-0.39, 0.29) is 5.97 Å². The smallest absolute Gasteiger partial charge is 0.337 e. The summed E-state index contributed by atoms with van der Waals surface area (Å²) in [5.41, 5.74) is 1.68. The fourth-order valence-electron chi connectivity index (χ4n) is 1.25. The van der Waals surface area contributed by atoms with Crippen molar-refractivity contribution in [1.29, 1.82) is 0 Å². The molecule has 0 fully saturated rings. The molecule has 0 atom stereocenters. The van der Waals surface area contributed by atoms with Crippen LogP contribution in [0.2, 0.25) is 0 Å². The fraction of sp³-hybridized carbons (Fsp3) is 0.417.